The molecule has 0 nitrogen and oxygen atoms in total. The van der Waals surface area contributed by atoms with Gasteiger partial charge < -0.3 is 0 Å². The Labute approximate surface area is 200 Å². The largest absolute Gasteiger partial charge is 1.00 e. The fraction of sp³-hybridized carbons (Fsp3) is 0.129. The molecule has 1 heteroatoms. The van der Waals surface area contributed by atoms with E-state index in [1.807, 2.05) is 0 Å². The molecule has 148 valence electrons. The average molecular weight is 402 g/mol. The van der Waals surface area contributed by atoms with E-state index < -0.39 is 0 Å². The molecule has 1 aliphatic rings. The molecule has 0 unspecified atom stereocenters. The Morgan fingerprint density at radius 2 is 1.31 bits per heavy atom. The molecule has 32 heavy (non-hydrogen) atoms. The fourth-order valence-electron chi connectivity index (χ4n) is 5.70. The third-order valence-corrected chi connectivity index (χ3v) is 7.27. The average Bonchev–Trinajstić information content (AvgIpc) is 3.43. The van der Waals surface area contributed by atoms with Crippen LogP contribution in [0.1, 0.15) is 28.7 Å². The van der Waals surface area contributed by atoms with Crippen LogP contribution in [0.25, 0.3) is 43.1 Å². The van der Waals surface area contributed by atoms with Crippen LogP contribution in [0.4, 0.5) is 0 Å². The van der Waals surface area contributed by atoms with Gasteiger partial charge in [0, 0.05) is 0 Å². The minimum absolute atomic E-state index is 0. The van der Waals surface area contributed by atoms with Crippen LogP contribution in [0.2, 0.25) is 0 Å². The summed E-state index contributed by atoms with van der Waals surface area (Å²) >= 11 is 0. The summed E-state index contributed by atoms with van der Waals surface area (Å²) in [5, 5.41) is 10.9. The maximum absolute atomic E-state index is 2.46. The molecule has 6 aromatic rings. The first-order valence-corrected chi connectivity index (χ1v) is 11.4. The number of hydrogen-bond acceptors (Lipinski definition) is 0. The maximum atomic E-state index is 2.46. The molecular formula is C31H23Li. The Kier molecular flexibility index (Phi) is 4.69. The predicted molar refractivity (Wildman–Crippen MR) is 133 cm³/mol. The van der Waals surface area contributed by atoms with Gasteiger partial charge in [-0.2, -0.15) is 6.07 Å². The van der Waals surface area contributed by atoms with Crippen molar-refractivity contribution in [2.75, 3.05) is 0 Å². The Morgan fingerprint density at radius 3 is 2.19 bits per heavy atom. The summed E-state index contributed by atoms with van der Waals surface area (Å²) in [5.74, 6) is 0. The van der Waals surface area contributed by atoms with Gasteiger partial charge in [0.1, 0.15) is 0 Å². The van der Waals surface area contributed by atoms with E-state index in [9.17, 15) is 0 Å². The minimum Gasteiger partial charge on any atom is -0.168 e. The van der Waals surface area contributed by atoms with Gasteiger partial charge in [-0.05, 0) is 58.0 Å². The van der Waals surface area contributed by atoms with Gasteiger partial charge in [0.15, 0.2) is 0 Å². The Balaban J connectivity index is 0.00000196. The molecule has 0 saturated heterocycles. The molecule has 0 heterocycles. The number of benzene rings is 5. The van der Waals surface area contributed by atoms with Crippen LogP contribution < -0.4 is 18.9 Å². The maximum Gasteiger partial charge on any atom is 1.00 e. The van der Waals surface area contributed by atoms with Gasteiger partial charge in [-0.15, -0.1) is 34.5 Å². The molecule has 0 bridgehead atoms. The van der Waals surface area contributed by atoms with Crippen LogP contribution in [0.3, 0.4) is 0 Å². The fourth-order valence-corrected chi connectivity index (χ4v) is 5.70. The van der Waals surface area contributed by atoms with Crippen molar-refractivity contribution >= 4 is 43.1 Å². The molecule has 0 saturated carbocycles. The zero-order chi connectivity index (χ0) is 20.4. The monoisotopic (exact) mass is 402 g/mol. The van der Waals surface area contributed by atoms with Crippen molar-refractivity contribution in [3.05, 3.63) is 113 Å². The van der Waals surface area contributed by atoms with Crippen molar-refractivity contribution in [3.63, 3.8) is 0 Å². The number of hydrogen-bond donors (Lipinski definition) is 0. The third kappa shape index (κ3) is 3.02. The zero-order valence-corrected chi connectivity index (χ0v) is 18.5. The first kappa shape index (κ1) is 19.7. The van der Waals surface area contributed by atoms with Crippen LogP contribution in [0, 0.1) is 0 Å². The van der Waals surface area contributed by atoms with Gasteiger partial charge >= 0.3 is 18.9 Å². The molecule has 0 fully saturated rings. The quantitative estimate of drug-likeness (QED) is 0.215. The second-order valence-corrected chi connectivity index (χ2v) is 9.10. The summed E-state index contributed by atoms with van der Waals surface area (Å²) < 4.78 is 0. The van der Waals surface area contributed by atoms with Crippen molar-refractivity contribution in [2.45, 2.75) is 25.7 Å². The van der Waals surface area contributed by atoms with Crippen molar-refractivity contribution < 1.29 is 18.9 Å². The summed E-state index contributed by atoms with van der Waals surface area (Å²) in [6.45, 7) is 0. The van der Waals surface area contributed by atoms with E-state index in [-0.39, 0.29) is 18.9 Å². The van der Waals surface area contributed by atoms with Crippen molar-refractivity contribution in [1.29, 1.82) is 0 Å². The first-order valence-electron chi connectivity index (χ1n) is 11.4. The van der Waals surface area contributed by atoms with Crippen molar-refractivity contribution in [1.82, 2.24) is 0 Å². The predicted octanol–water partition coefficient (Wildman–Crippen LogP) is 5.10. The van der Waals surface area contributed by atoms with Crippen LogP contribution in [-0.2, 0) is 19.3 Å². The Hall–Kier alpha value is -2.91. The van der Waals surface area contributed by atoms with E-state index in [4.69, 9.17) is 0 Å². The number of rotatable bonds is 2. The van der Waals surface area contributed by atoms with Gasteiger partial charge in [0.25, 0.3) is 0 Å². The summed E-state index contributed by atoms with van der Waals surface area (Å²) in [6.07, 6.45) is 4.80. The SMILES string of the molecule is [Li+].c1ccc2c(c1)ccc1c3ccc(C[c-]4ccc5cc6c(cc54)CCC6)cc3ccc21. The van der Waals surface area contributed by atoms with Gasteiger partial charge in [0.05, 0.1) is 0 Å². The molecule has 7 rings (SSSR count). The molecule has 0 amide bonds. The van der Waals surface area contributed by atoms with E-state index in [0.717, 1.165) is 6.42 Å². The first-order chi connectivity index (χ1) is 15.3. The van der Waals surface area contributed by atoms with Crippen LogP contribution in [0.5, 0.6) is 0 Å². The van der Waals surface area contributed by atoms with Crippen LogP contribution >= 0.6 is 0 Å². The number of fused-ring (bicyclic) bond motifs is 7. The molecule has 0 radical (unpaired) electrons. The Bertz CT molecular complexity index is 1630. The standard InChI is InChI=1S/C31H23.Li/c1-2-7-27-21(4-1)11-14-30-28-13-8-20(16-24(28)12-15-29(27)30)17-25-9-10-26-18-22-5-3-6-23(22)19-31(25)26;/h1-2,4,7-16,18-19H,3,5-6,17H2;/q-1;+1. The molecule has 0 atom stereocenters. The van der Waals surface area contributed by atoms with Gasteiger partial charge in [0.2, 0.25) is 0 Å². The van der Waals surface area contributed by atoms with Crippen LogP contribution in [-0.4, -0.2) is 0 Å². The second kappa shape index (κ2) is 7.60. The van der Waals surface area contributed by atoms with E-state index in [1.54, 1.807) is 11.1 Å². The molecule has 0 aromatic heterocycles. The summed E-state index contributed by atoms with van der Waals surface area (Å²) in [7, 11) is 0. The minimum atomic E-state index is 0. The Morgan fingerprint density at radius 1 is 0.594 bits per heavy atom. The zero-order valence-electron chi connectivity index (χ0n) is 18.5. The summed E-state index contributed by atoms with van der Waals surface area (Å²) in [5.41, 5.74) is 5.98. The van der Waals surface area contributed by atoms with Gasteiger partial charge in [-0.25, -0.2) is 0 Å². The smallest absolute Gasteiger partial charge is 0.168 e. The molecule has 0 N–H and O–H groups in total. The van der Waals surface area contributed by atoms with E-state index >= 15 is 0 Å². The molecule has 1 aliphatic carbocycles. The molecule has 6 aromatic carbocycles. The topological polar surface area (TPSA) is 0 Å². The second-order valence-electron chi connectivity index (χ2n) is 9.10. The third-order valence-electron chi connectivity index (χ3n) is 7.27. The van der Waals surface area contributed by atoms with E-state index in [0.29, 0.717) is 0 Å². The molecule has 0 aliphatic heterocycles. The van der Waals surface area contributed by atoms with Gasteiger partial charge in [-0.3, -0.25) is 0 Å². The van der Waals surface area contributed by atoms with E-state index in [1.165, 1.54) is 73.5 Å². The normalized spacial score (nSPS) is 13.1. The van der Waals surface area contributed by atoms with Crippen molar-refractivity contribution in [3.8, 4) is 0 Å². The summed E-state index contributed by atoms with van der Waals surface area (Å²) in [6, 6.07) is 34.4. The van der Waals surface area contributed by atoms with Crippen LogP contribution in [0.15, 0.2) is 91.0 Å². The van der Waals surface area contributed by atoms with Gasteiger partial charge in [-0.1, -0.05) is 83.4 Å². The molecular weight excluding hydrogens is 379 g/mol. The van der Waals surface area contributed by atoms with E-state index in [2.05, 4.69) is 91.0 Å². The molecule has 0 spiro atoms. The number of aryl methyl sites for hydroxylation is 2. The van der Waals surface area contributed by atoms with Crippen molar-refractivity contribution in [2.24, 2.45) is 0 Å². The summed E-state index contributed by atoms with van der Waals surface area (Å²) in [4.78, 5) is 0.